The van der Waals surface area contributed by atoms with Crippen LogP contribution in [0.15, 0.2) is 30.3 Å². The third-order valence-corrected chi connectivity index (χ3v) is 8.13. The molecule has 2 fully saturated rings. The van der Waals surface area contributed by atoms with Crippen LogP contribution in [0.1, 0.15) is 84.5 Å². The van der Waals surface area contributed by atoms with Crippen molar-refractivity contribution in [1.29, 1.82) is 0 Å². The Kier molecular flexibility index (Phi) is 5.39. The molecule has 0 bridgehead atoms. The van der Waals surface area contributed by atoms with Crippen LogP contribution in [0.4, 0.5) is 0 Å². The van der Waals surface area contributed by atoms with Crippen LogP contribution in [0, 0.1) is 27.7 Å². The van der Waals surface area contributed by atoms with Gasteiger partial charge in [0.2, 0.25) is 0 Å². The van der Waals surface area contributed by atoms with Crippen molar-refractivity contribution in [1.82, 2.24) is 4.90 Å². The predicted octanol–water partition coefficient (Wildman–Crippen LogP) is 6.58. The largest absolute Gasteiger partial charge is 0.372 e. The van der Waals surface area contributed by atoms with Crippen LogP contribution < -0.4 is 0 Å². The van der Waals surface area contributed by atoms with E-state index in [9.17, 15) is 0 Å². The molecule has 0 radical (unpaired) electrons. The van der Waals surface area contributed by atoms with Crippen molar-refractivity contribution in [2.24, 2.45) is 0 Å². The van der Waals surface area contributed by atoms with Gasteiger partial charge in [-0.2, -0.15) is 0 Å². The van der Waals surface area contributed by atoms with E-state index >= 15 is 0 Å². The van der Waals surface area contributed by atoms with Gasteiger partial charge in [-0.25, -0.2) is 0 Å². The lowest BCUT2D eigenvalue weighted by molar-refractivity contribution is -0.0217. The van der Waals surface area contributed by atoms with Gasteiger partial charge >= 0.3 is 0 Å². The number of likely N-dealkylation sites (N-methyl/N-ethyl adjacent to an activating group) is 1. The molecule has 0 amide bonds. The Bertz CT molecular complexity index is 959. The number of likely N-dealkylation sites (tertiary alicyclic amines) is 1. The Hall–Kier alpha value is -1.64. The van der Waals surface area contributed by atoms with E-state index in [2.05, 4.69) is 90.7 Å². The van der Waals surface area contributed by atoms with Crippen molar-refractivity contribution >= 4 is 0 Å². The molecule has 0 aliphatic carbocycles. The van der Waals surface area contributed by atoms with Crippen LogP contribution in [-0.4, -0.2) is 29.7 Å². The van der Waals surface area contributed by atoms with Crippen LogP contribution in [0.25, 0.3) is 0 Å². The van der Waals surface area contributed by atoms with Gasteiger partial charge in [0.25, 0.3) is 0 Å². The minimum atomic E-state index is -0.117. The molecule has 2 aliphatic rings. The van der Waals surface area contributed by atoms with Gasteiger partial charge in [-0.15, -0.1) is 0 Å². The third-order valence-electron chi connectivity index (χ3n) is 8.13. The summed E-state index contributed by atoms with van der Waals surface area (Å²) in [6.45, 7) is 16.8. The highest BCUT2D eigenvalue weighted by molar-refractivity contribution is 5.41. The highest BCUT2D eigenvalue weighted by Crippen LogP contribution is 2.57. The summed E-state index contributed by atoms with van der Waals surface area (Å²) < 4.78 is 6.83. The molecule has 30 heavy (non-hydrogen) atoms. The van der Waals surface area contributed by atoms with Crippen molar-refractivity contribution in [3.05, 3.63) is 69.3 Å². The summed E-state index contributed by atoms with van der Waals surface area (Å²) >= 11 is 0. The fourth-order valence-electron chi connectivity index (χ4n) is 6.17. The number of ether oxygens (including phenoxy) is 1. The number of benzene rings is 2. The first-order valence-corrected chi connectivity index (χ1v) is 11.6. The molecule has 0 N–H and O–H groups in total. The molecule has 2 aromatic carbocycles. The van der Waals surface area contributed by atoms with Crippen molar-refractivity contribution in [3.8, 4) is 0 Å². The molecule has 2 heteroatoms. The molecule has 2 aliphatic heterocycles. The quantitative estimate of drug-likeness (QED) is 0.572. The summed E-state index contributed by atoms with van der Waals surface area (Å²) in [5, 5.41) is 0. The Morgan fingerprint density at radius 2 is 1.70 bits per heavy atom. The SMILES string of the molecule is CCc1cc(C2COC3(C2)CC(C)(C)N(C)C3c2ccc(C)c(C)c2)c(C)cc1C. The van der Waals surface area contributed by atoms with E-state index in [0.717, 1.165) is 25.9 Å². The maximum absolute atomic E-state index is 6.83. The van der Waals surface area contributed by atoms with E-state index in [1.165, 1.54) is 38.9 Å². The number of hydrogen-bond donors (Lipinski definition) is 0. The lowest BCUT2D eigenvalue weighted by Crippen LogP contribution is -2.38. The van der Waals surface area contributed by atoms with E-state index in [1.807, 2.05) is 0 Å². The van der Waals surface area contributed by atoms with Gasteiger partial charge in [0, 0.05) is 11.5 Å². The Labute approximate surface area is 183 Å². The van der Waals surface area contributed by atoms with Crippen LogP contribution in [0.3, 0.4) is 0 Å². The molecular formula is C28H39NO. The van der Waals surface area contributed by atoms with E-state index in [0.29, 0.717) is 12.0 Å². The fraction of sp³-hybridized carbons (Fsp3) is 0.571. The first-order chi connectivity index (χ1) is 14.1. The zero-order chi connectivity index (χ0) is 21.8. The average molecular weight is 406 g/mol. The highest BCUT2D eigenvalue weighted by Gasteiger charge is 2.59. The molecule has 0 saturated carbocycles. The van der Waals surface area contributed by atoms with Crippen LogP contribution in [-0.2, 0) is 11.2 Å². The molecule has 0 aromatic heterocycles. The minimum Gasteiger partial charge on any atom is -0.372 e. The van der Waals surface area contributed by atoms with Crippen molar-refractivity contribution in [2.75, 3.05) is 13.7 Å². The van der Waals surface area contributed by atoms with Crippen molar-refractivity contribution in [2.45, 2.75) is 90.8 Å². The summed E-state index contributed by atoms with van der Waals surface area (Å²) in [6, 6.07) is 12.1. The van der Waals surface area contributed by atoms with Crippen molar-refractivity contribution < 1.29 is 4.74 Å². The van der Waals surface area contributed by atoms with E-state index in [4.69, 9.17) is 4.74 Å². The van der Waals surface area contributed by atoms with Gasteiger partial charge in [-0.3, -0.25) is 4.90 Å². The monoisotopic (exact) mass is 405 g/mol. The predicted molar refractivity (Wildman–Crippen MR) is 126 cm³/mol. The Balaban J connectivity index is 1.73. The van der Waals surface area contributed by atoms with Gasteiger partial charge in [0.15, 0.2) is 0 Å². The summed E-state index contributed by atoms with van der Waals surface area (Å²) in [4.78, 5) is 2.57. The molecule has 2 aromatic rings. The third kappa shape index (κ3) is 3.42. The molecule has 3 atom stereocenters. The second-order valence-corrected chi connectivity index (χ2v) is 10.6. The first kappa shape index (κ1) is 21.6. The van der Waals surface area contributed by atoms with Crippen LogP contribution in [0.5, 0.6) is 0 Å². The number of nitrogens with zero attached hydrogens (tertiary/aromatic N) is 1. The van der Waals surface area contributed by atoms with Crippen LogP contribution in [0.2, 0.25) is 0 Å². The zero-order valence-corrected chi connectivity index (χ0v) is 20.2. The number of hydrogen-bond acceptors (Lipinski definition) is 2. The molecule has 4 rings (SSSR count). The van der Waals surface area contributed by atoms with E-state index in [-0.39, 0.29) is 11.1 Å². The summed E-state index contributed by atoms with van der Waals surface area (Å²) in [5.74, 6) is 0.479. The normalized spacial score (nSPS) is 28.5. The number of aryl methyl sites for hydroxylation is 5. The molecule has 3 unspecified atom stereocenters. The van der Waals surface area contributed by atoms with Crippen molar-refractivity contribution in [3.63, 3.8) is 0 Å². The highest BCUT2D eigenvalue weighted by atomic mass is 16.5. The standard InChI is InChI=1S/C28H39NO/c1-9-22-14-25(21(5)12-20(22)4)24-15-28(30-16-24)17-27(6,7)29(8)26(28)23-11-10-18(2)19(3)13-23/h10-14,24,26H,9,15-17H2,1-8H3. The molecule has 162 valence electrons. The Morgan fingerprint density at radius 3 is 2.37 bits per heavy atom. The van der Waals surface area contributed by atoms with Gasteiger partial charge in [-0.05, 0) is 107 Å². The zero-order valence-electron chi connectivity index (χ0n) is 20.2. The summed E-state index contributed by atoms with van der Waals surface area (Å²) in [7, 11) is 2.29. The topological polar surface area (TPSA) is 12.5 Å². The maximum Gasteiger partial charge on any atom is 0.0902 e. The smallest absolute Gasteiger partial charge is 0.0902 e. The van der Waals surface area contributed by atoms with E-state index in [1.54, 1.807) is 0 Å². The lowest BCUT2D eigenvalue weighted by Gasteiger charge is -2.35. The lowest BCUT2D eigenvalue weighted by atomic mass is 9.78. The summed E-state index contributed by atoms with van der Waals surface area (Å²) in [6.07, 6.45) is 3.28. The van der Waals surface area contributed by atoms with Gasteiger partial charge < -0.3 is 4.74 Å². The molecule has 2 nitrogen and oxygen atoms in total. The van der Waals surface area contributed by atoms with Gasteiger partial charge in [0.05, 0.1) is 18.2 Å². The Morgan fingerprint density at radius 1 is 0.967 bits per heavy atom. The van der Waals surface area contributed by atoms with E-state index < -0.39 is 0 Å². The van der Waals surface area contributed by atoms with Crippen LogP contribution >= 0.6 is 0 Å². The van der Waals surface area contributed by atoms with Gasteiger partial charge in [0.1, 0.15) is 0 Å². The summed E-state index contributed by atoms with van der Waals surface area (Å²) in [5.41, 5.74) is 9.96. The molecule has 2 heterocycles. The number of rotatable bonds is 3. The maximum atomic E-state index is 6.83. The minimum absolute atomic E-state index is 0.117. The fourth-order valence-corrected chi connectivity index (χ4v) is 6.17. The molecule has 2 saturated heterocycles. The molecule has 1 spiro atoms. The second kappa shape index (κ2) is 7.50. The second-order valence-electron chi connectivity index (χ2n) is 10.6. The first-order valence-electron chi connectivity index (χ1n) is 11.6. The average Bonchev–Trinajstić information content (AvgIpc) is 3.16. The van der Waals surface area contributed by atoms with Gasteiger partial charge in [-0.1, -0.05) is 37.3 Å². The molecular weight excluding hydrogens is 366 g/mol.